The van der Waals surface area contributed by atoms with Crippen molar-refractivity contribution >= 4 is 0 Å². The zero-order valence-corrected chi connectivity index (χ0v) is 21.8. The van der Waals surface area contributed by atoms with Crippen LogP contribution in [0.2, 0.25) is 0 Å². The molecular formula is C28H42N2O5. The predicted molar refractivity (Wildman–Crippen MR) is 131 cm³/mol. The van der Waals surface area contributed by atoms with Crippen LogP contribution in [-0.2, 0) is 37.1 Å². The largest absolute Gasteiger partial charge is 0.348 e. The Labute approximate surface area is 209 Å². The molecule has 0 radical (unpaired) electrons. The summed E-state index contributed by atoms with van der Waals surface area (Å²) < 4.78 is 19.4. The summed E-state index contributed by atoms with van der Waals surface area (Å²) in [5.74, 6) is 0.696. The summed E-state index contributed by atoms with van der Waals surface area (Å²) in [5, 5.41) is 0. The molecule has 5 aliphatic heterocycles. The zero-order chi connectivity index (χ0) is 24.2. The Bertz CT molecular complexity index is 890. The minimum absolute atomic E-state index is 0.201. The van der Waals surface area contributed by atoms with Gasteiger partial charge in [-0.1, -0.05) is 38.1 Å². The second-order valence-electron chi connectivity index (χ2n) is 12.0. The summed E-state index contributed by atoms with van der Waals surface area (Å²) in [6, 6.07) is 8.87. The Balaban J connectivity index is 1.11. The lowest BCUT2D eigenvalue weighted by Gasteiger charge is -2.60. The van der Waals surface area contributed by atoms with Crippen LogP contribution in [0.3, 0.4) is 0 Å². The predicted octanol–water partition coefficient (Wildman–Crippen LogP) is 4.16. The number of ether oxygens (including phenoxy) is 3. The van der Waals surface area contributed by atoms with Gasteiger partial charge in [0.15, 0.2) is 18.2 Å². The number of piperazine rings is 1. The molecule has 1 spiro atoms. The van der Waals surface area contributed by atoms with Gasteiger partial charge in [-0.2, -0.15) is 0 Å². The van der Waals surface area contributed by atoms with Crippen LogP contribution in [0, 0.1) is 23.7 Å². The lowest BCUT2D eigenvalue weighted by atomic mass is 9.58. The molecule has 1 aromatic rings. The molecule has 1 aromatic carbocycles. The third-order valence-corrected chi connectivity index (χ3v) is 9.54. The number of benzene rings is 1. The monoisotopic (exact) mass is 486 g/mol. The second kappa shape index (κ2) is 9.35. The number of fused-ring (bicyclic) bond motifs is 2. The van der Waals surface area contributed by atoms with Gasteiger partial charge in [0, 0.05) is 51.0 Å². The van der Waals surface area contributed by atoms with Gasteiger partial charge in [0.25, 0.3) is 0 Å². The summed E-state index contributed by atoms with van der Waals surface area (Å²) >= 11 is 0. The topological polar surface area (TPSA) is 52.6 Å². The molecule has 35 heavy (non-hydrogen) atoms. The molecule has 0 N–H and O–H groups in total. The summed E-state index contributed by atoms with van der Waals surface area (Å²) in [5.41, 5.74) is 2.00. The number of nitrogens with zero attached hydrogens (tertiary/aromatic N) is 2. The smallest absolute Gasteiger partial charge is 0.201 e. The van der Waals surface area contributed by atoms with Crippen molar-refractivity contribution in [2.45, 2.75) is 83.6 Å². The summed E-state index contributed by atoms with van der Waals surface area (Å²) in [6.07, 6.45) is 3.40. The number of likely N-dealkylation sites (N-methyl/N-ethyl adjacent to an activating group) is 1. The van der Waals surface area contributed by atoms with Gasteiger partial charge in [0.05, 0.1) is 6.61 Å². The van der Waals surface area contributed by atoms with E-state index in [0.29, 0.717) is 24.4 Å². The highest BCUT2D eigenvalue weighted by Crippen LogP contribution is 2.60. The molecular weight excluding hydrogens is 444 g/mol. The molecule has 8 atom stereocenters. The van der Waals surface area contributed by atoms with Gasteiger partial charge < -0.3 is 19.1 Å². The highest BCUT2D eigenvalue weighted by atomic mass is 17.3. The number of hydrogen-bond acceptors (Lipinski definition) is 7. The van der Waals surface area contributed by atoms with Gasteiger partial charge in [-0.05, 0) is 56.2 Å². The van der Waals surface area contributed by atoms with Crippen LogP contribution in [0.15, 0.2) is 24.3 Å². The van der Waals surface area contributed by atoms with E-state index in [4.69, 9.17) is 24.0 Å². The van der Waals surface area contributed by atoms with E-state index in [1.165, 1.54) is 17.5 Å². The van der Waals surface area contributed by atoms with Crippen molar-refractivity contribution in [2.75, 3.05) is 33.2 Å². The van der Waals surface area contributed by atoms with E-state index < -0.39 is 17.7 Å². The molecule has 1 aliphatic carbocycles. The molecule has 7 nitrogen and oxygen atoms in total. The van der Waals surface area contributed by atoms with Crippen molar-refractivity contribution in [1.29, 1.82) is 0 Å². The molecule has 6 fully saturated rings. The quantitative estimate of drug-likeness (QED) is 0.580. The Morgan fingerprint density at radius 3 is 2.46 bits per heavy atom. The molecule has 2 bridgehead atoms. The first-order valence-corrected chi connectivity index (χ1v) is 13.7. The zero-order valence-electron chi connectivity index (χ0n) is 21.8. The maximum absolute atomic E-state index is 6.55. The first-order valence-electron chi connectivity index (χ1n) is 13.7. The van der Waals surface area contributed by atoms with Crippen LogP contribution in [-0.4, -0.2) is 67.0 Å². The minimum atomic E-state index is -0.748. The van der Waals surface area contributed by atoms with Crippen molar-refractivity contribution in [3.63, 3.8) is 0 Å². The van der Waals surface area contributed by atoms with Crippen molar-refractivity contribution < 1.29 is 24.0 Å². The first-order chi connectivity index (χ1) is 16.9. The van der Waals surface area contributed by atoms with E-state index in [0.717, 1.165) is 52.0 Å². The van der Waals surface area contributed by atoms with Gasteiger partial charge in [0.2, 0.25) is 5.79 Å². The lowest BCUT2D eigenvalue weighted by Crippen LogP contribution is -2.70. The third-order valence-electron chi connectivity index (χ3n) is 9.54. The fourth-order valence-electron chi connectivity index (χ4n) is 7.25. The van der Waals surface area contributed by atoms with Gasteiger partial charge in [0.1, 0.15) is 0 Å². The van der Waals surface area contributed by atoms with E-state index in [1.807, 2.05) is 6.92 Å². The van der Waals surface area contributed by atoms with Gasteiger partial charge in [-0.15, -0.1) is 0 Å². The Kier molecular flexibility index (Phi) is 6.49. The Hall–Kier alpha value is -1.06. The Morgan fingerprint density at radius 2 is 1.69 bits per heavy atom. The number of hydrogen-bond donors (Lipinski definition) is 0. The maximum atomic E-state index is 6.55. The van der Waals surface area contributed by atoms with Gasteiger partial charge >= 0.3 is 0 Å². The standard InChI is InChI=1S/C28H42N2O5/c1-19-5-10-24-20(2)25(32-26-28(24)23(19)11-12-27(3,33-26)34-35-28)31-18-22-8-6-21(7-9-22)17-30-15-13-29(4)14-16-30/h6-9,19-20,23-26H,5,10-18H2,1-4H3/t19-,20-,23+,24?,25+,26?,27-,28-/m1/s1. The number of rotatable bonds is 5. The van der Waals surface area contributed by atoms with Crippen LogP contribution in [0.5, 0.6) is 0 Å². The van der Waals surface area contributed by atoms with E-state index in [2.05, 4.69) is 55.0 Å². The summed E-state index contributed by atoms with van der Waals surface area (Å²) in [4.78, 5) is 17.1. The molecule has 0 amide bonds. The molecule has 5 saturated heterocycles. The van der Waals surface area contributed by atoms with Gasteiger partial charge in [-0.25, -0.2) is 9.78 Å². The third kappa shape index (κ3) is 4.37. The minimum Gasteiger partial charge on any atom is -0.348 e. The molecule has 7 heteroatoms. The molecule has 6 aliphatic rings. The van der Waals surface area contributed by atoms with Crippen molar-refractivity contribution in [3.8, 4) is 0 Å². The van der Waals surface area contributed by atoms with Crippen LogP contribution >= 0.6 is 0 Å². The van der Waals surface area contributed by atoms with E-state index in [1.54, 1.807) is 0 Å². The normalized spacial score (nSPS) is 44.1. The first kappa shape index (κ1) is 24.3. The fraction of sp³-hybridized carbons (Fsp3) is 0.786. The second-order valence-corrected chi connectivity index (χ2v) is 12.0. The van der Waals surface area contributed by atoms with E-state index >= 15 is 0 Å². The molecule has 7 rings (SSSR count). The molecule has 194 valence electrons. The van der Waals surface area contributed by atoms with Crippen LogP contribution < -0.4 is 0 Å². The molecule has 1 saturated carbocycles. The average molecular weight is 487 g/mol. The summed E-state index contributed by atoms with van der Waals surface area (Å²) in [7, 11) is 2.20. The lowest BCUT2D eigenvalue weighted by molar-refractivity contribution is -0.577. The summed E-state index contributed by atoms with van der Waals surface area (Å²) in [6.45, 7) is 12.7. The van der Waals surface area contributed by atoms with E-state index in [9.17, 15) is 0 Å². The highest BCUT2D eigenvalue weighted by molar-refractivity contribution is 5.22. The average Bonchev–Trinajstić information content (AvgIpc) is 3.09. The van der Waals surface area contributed by atoms with Gasteiger partial charge in [-0.3, -0.25) is 4.90 Å². The van der Waals surface area contributed by atoms with Crippen LogP contribution in [0.4, 0.5) is 0 Å². The molecule has 0 aromatic heterocycles. The van der Waals surface area contributed by atoms with Crippen molar-refractivity contribution in [1.82, 2.24) is 9.80 Å². The SMILES string of the molecule is C[C@@H]1CCC2[C@@H](C)[C@@H](OCc3ccc(CN4CCN(C)CC4)cc3)OC3O[C@@]4(C)CC[C@@H]1[C@]32OO4. The van der Waals surface area contributed by atoms with Crippen LogP contribution in [0.1, 0.15) is 57.6 Å². The Morgan fingerprint density at radius 1 is 0.943 bits per heavy atom. The van der Waals surface area contributed by atoms with Crippen LogP contribution in [0.25, 0.3) is 0 Å². The van der Waals surface area contributed by atoms with E-state index in [-0.39, 0.29) is 12.2 Å². The molecule has 5 heterocycles. The molecule has 2 unspecified atom stereocenters. The highest BCUT2D eigenvalue weighted by Gasteiger charge is 2.69. The fourth-order valence-corrected chi connectivity index (χ4v) is 7.25. The van der Waals surface area contributed by atoms with Crippen molar-refractivity contribution in [2.24, 2.45) is 23.7 Å². The van der Waals surface area contributed by atoms with Crippen molar-refractivity contribution in [3.05, 3.63) is 35.4 Å². The maximum Gasteiger partial charge on any atom is 0.201 e.